The number of amides is 1. The van der Waals surface area contributed by atoms with Gasteiger partial charge in [-0.25, -0.2) is 0 Å². The molecule has 2 aromatic heterocycles. The van der Waals surface area contributed by atoms with E-state index < -0.39 is 12.1 Å². The molecule has 0 radical (unpaired) electrons. The number of alkyl halides is 3. The number of hydrogen-bond acceptors (Lipinski definition) is 7. The Bertz CT molecular complexity index is 938. The van der Waals surface area contributed by atoms with Gasteiger partial charge in [0, 0.05) is 24.6 Å². The highest BCUT2D eigenvalue weighted by molar-refractivity contribution is 7.00. The lowest BCUT2D eigenvalue weighted by atomic mass is 10.1. The van der Waals surface area contributed by atoms with Crippen LogP contribution in [0.15, 0.2) is 22.7 Å². The number of likely N-dealkylation sites (tertiary alicyclic amines) is 1. The van der Waals surface area contributed by atoms with Crippen LogP contribution in [0.2, 0.25) is 0 Å². The summed E-state index contributed by atoms with van der Waals surface area (Å²) in [5.41, 5.74) is 1.82. The summed E-state index contributed by atoms with van der Waals surface area (Å²) in [6, 6.07) is 5.04. The summed E-state index contributed by atoms with van der Waals surface area (Å²) in [4.78, 5) is 17.6. The number of hydrogen-bond donors (Lipinski definition) is 0. The van der Waals surface area contributed by atoms with Gasteiger partial charge in [-0.15, -0.1) is 0 Å². The van der Waals surface area contributed by atoms with E-state index in [9.17, 15) is 18.0 Å². The zero-order valence-electron chi connectivity index (χ0n) is 12.5. The van der Waals surface area contributed by atoms with Gasteiger partial charge < -0.3 is 9.42 Å². The van der Waals surface area contributed by atoms with Crippen LogP contribution in [0, 0.1) is 0 Å². The number of aromatic nitrogens is 4. The van der Waals surface area contributed by atoms with Crippen molar-refractivity contribution in [3.63, 3.8) is 0 Å². The molecule has 1 aliphatic rings. The van der Waals surface area contributed by atoms with Crippen LogP contribution in [0.25, 0.3) is 11.0 Å². The molecule has 0 saturated carbocycles. The van der Waals surface area contributed by atoms with Crippen molar-refractivity contribution in [2.45, 2.75) is 18.5 Å². The van der Waals surface area contributed by atoms with Gasteiger partial charge in [-0.05, 0) is 24.6 Å². The molecule has 1 atom stereocenters. The summed E-state index contributed by atoms with van der Waals surface area (Å²) in [7, 11) is 0. The standard InChI is InChI=1S/C14H10F3N5O2S/c15-14(16,17)13-18-11(19-24-13)8-3-4-22(6-8)12(23)7-1-2-9-10(5-7)21-25-20-9/h1-2,5,8H,3-4,6H2/t8-/m1/s1. The SMILES string of the molecule is O=C(c1ccc2nsnc2c1)N1CC[C@@H](c2noc(C(F)(F)F)n2)C1. The number of halogens is 3. The minimum absolute atomic E-state index is 0.0261. The molecule has 3 heterocycles. The first-order chi connectivity index (χ1) is 11.9. The normalized spacial score (nSPS) is 18.2. The Balaban J connectivity index is 1.49. The number of carbonyl (C=O) groups excluding carboxylic acids is 1. The van der Waals surface area contributed by atoms with Crippen LogP contribution in [-0.2, 0) is 6.18 Å². The summed E-state index contributed by atoms with van der Waals surface area (Å²) in [5, 5.41) is 3.40. The smallest absolute Gasteiger partial charge is 0.338 e. The van der Waals surface area contributed by atoms with Gasteiger partial charge in [0.05, 0.1) is 11.7 Å². The summed E-state index contributed by atoms with van der Waals surface area (Å²) in [6.45, 7) is 0.649. The van der Waals surface area contributed by atoms with Gasteiger partial charge in [0.2, 0.25) is 0 Å². The third-order valence-electron chi connectivity index (χ3n) is 4.03. The predicted octanol–water partition coefficient (Wildman–Crippen LogP) is 2.72. The Morgan fingerprint density at radius 1 is 1.28 bits per heavy atom. The highest BCUT2D eigenvalue weighted by Crippen LogP contribution is 2.31. The molecule has 0 spiro atoms. The molecule has 4 rings (SSSR count). The van der Waals surface area contributed by atoms with Crippen LogP contribution in [0.5, 0.6) is 0 Å². The monoisotopic (exact) mass is 369 g/mol. The third-order valence-corrected chi connectivity index (χ3v) is 4.58. The van der Waals surface area contributed by atoms with E-state index >= 15 is 0 Å². The van der Waals surface area contributed by atoms with Crippen molar-refractivity contribution in [1.29, 1.82) is 0 Å². The van der Waals surface area contributed by atoms with E-state index in [-0.39, 0.29) is 24.2 Å². The van der Waals surface area contributed by atoms with Crippen LogP contribution < -0.4 is 0 Å². The van der Waals surface area contributed by atoms with Gasteiger partial charge in [-0.3, -0.25) is 4.79 Å². The minimum atomic E-state index is -4.67. The van der Waals surface area contributed by atoms with Crippen LogP contribution >= 0.6 is 11.7 Å². The van der Waals surface area contributed by atoms with E-state index in [1.165, 1.54) is 0 Å². The maximum Gasteiger partial charge on any atom is 0.471 e. The molecule has 25 heavy (non-hydrogen) atoms. The highest BCUT2D eigenvalue weighted by atomic mass is 32.1. The highest BCUT2D eigenvalue weighted by Gasteiger charge is 2.40. The second-order valence-electron chi connectivity index (χ2n) is 5.66. The van der Waals surface area contributed by atoms with Crippen LogP contribution in [-0.4, -0.2) is 42.8 Å². The number of benzene rings is 1. The summed E-state index contributed by atoms with van der Waals surface area (Å²) in [6.07, 6.45) is -4.20. The molecule has 1 aliphatic heterocycles. The first-order valence-electron chi connectivity index (χ1n) is 7.34. The Kier molecular flexibility index (Phi) is 3.67. The third kappa shape index (κ3) is 2.95. The quantitative estimate of drug-likeness (QED) is 0.691. The van der Waals surface area contributed by atoms with Gasteiger partial charge in [0.1, 0.15) is 11.0 Å². The predicted molar refractivity (Wildman–Crippen MR) is 80.0 cm³/mol. The van der Waals surface area contributed by atoms with Crippen molar-refractivity contribution in [2.24, 2.45) is 0 Å². The largest absolute Gasteiger partial charge is 0.471 e. The van der Waals surface area contributed by atoms with Crippen molar-refractivity contribution in [2.75, 3.05) is 13.1 Å². The zero-order valence-corrected chi connectivity index (χ0v) is 13.3. The van der Waals surface area contributed by atoms with E-state index in [0.29, 0.717) is 29.6 Å². The van der Waals surface area contributed by atoms with Crippen molar-refractivity contribution in [1.82, 2.24) is 23.8 Å². The lowest BCUT2D eigenvalue weighted by Gasteiger charge is -2.15. The lowest BCUT2D eigenvalue weighted by Crippen LogP contribution is -2.28. The topological polar surface area (TPSA) is 85.0 Å². The molecule has 0 N–H and O–H groups in total. The molecule has 1 fully saturated rings. The second-order valence-corrected chi connectivity index (χ2v) is 6.19. The zero-order chi connectivity index (χ0) is 17.6. The fourth-order valence-electron chi connectivity index (χ4n) is 2.77. The number of fused-ring (bicyclic) bond motifs is 1. The molecule has 1 amide bonds. The molecule has 1 saturated heterocycles. The first kappa shape index (κ1) is 15.9. The van der Waals surface area contributed by atoms with Gasteiger partial charge >= 0.3 is 12.1 Å². The van der Waals surface area contributed by atoms with E-state index in [0.717, 1.165) is 11.7 Å². The van der Waals surface area contributed by atoms with Crippen molar-refractivity contribution < 1.29 is 22.5 Å². The van der Waals surface area contributed by atoms with Gasteiger partial charge in [0.15, 0.2) is 5.82 Å². The minimum Gasteiger partial charge on any atom is -0.338 e. The Labute approximate surface area is 142 Å². The molecule has 7 nitrogen and oxygen atoms in total. The van der Waals surface area contributed by atoms with Crippen LogP contribution in [0.4, 0.5) is 13.2 Å². The summed E-state index contributed by atoms with van der Waals surface area (Å²) >= 11 is 1.06. The van der Waals surface area contributed by atoms with Crippen molar-refractivity contribution in [3.05, 3.63) is 35.5 Å². The molecule has 1 aromatic carbocycles. The summed E-state index contributed by atoms with van der Waals surface area (Å²) < 4.78 is 50.1. The Morgan fingerprint density at radius 2 is 2.08 bits per heavy atom. The first-order valence-corrected chi connectivity index (χ1v) is 8.07. The van der Waals surface area contributed by atoms with Crippen molar-refractivity contribution >= 4 is 28.7 Å². The maximum absolute atomic E-state index is 12.6. The van der Waals surface area contributed by atoms with E-state index in [1.807, 2.05) is 0 Å². The molecule has 11 heteroatoms. The Hall–Kier alpha value is -2.56. The van der Waals surface area contributed by atoms with Crippen molar-refractivity contribution in [3.8, 4) is 0 Å². The average Bonchev–Trinajstić information content (AvgIpc) is 3.30. The van der Waals surface area contributed by atoms with Crippen LogP contribution in [0.3, 0.4) is 0 Å². The Morgan fingerprint density at radius 3 is 2.84 bits per heavy atom. The fourth-order valence-corrected chi connectivity index (χ4v) is 3.29. The number of rotatable bonds is 2. The summed E-state index contributed by atoms with van der Waals surface area (Å²) in [5.74, 6) is -1.99. The van der Waals surface area contributed by atoms with E-state index in [2.05, 4.69) is 23.4 Å². The number of carbonyl (C=O) groups is 1. The second kappa shape index (κ2) is 5.76. The molecule has 3 aromatic rings. The van der Waals surface area contributed by atoms with Gasteiger partial charge in [0.25, 0.3) is 5.91 Å². The van der Waals surface area contributed by atoms with E-state index in [4.69, 9.17) is 0 Å². The molecule has 0 unspecified atom stereocenters. The van der Waals surface area contributed by atoms with Gasteiger partial charge in [-0.1, -0.05) is 5.16 Å². The average molecular weight is 369 g/mol. The molecule has 130 valence electrons. The van der Waals surface area contributed by atoms with Gasteiger partial charge in [-0.2, -0.15) is 26.9 Å². The lowest BCUT2D eigenvalue weighted by molar-refractivity contribution is -0.159. The molecule has 0 aliphatic carbocycles. The number of nitrogens with zero attached hydrogens (tertiary/aromatic N) is 5. The molecular weight excluding hydrogens is 359 g/mol. The molecular formula is C14H10F3N5O2S. The van der Waals surface area contributed by atoms with Crippen LogP contribution in [0.1, 0.15) is 34.4 Å². The molecule has 0 bridgehead atoms. The maximum atomic E-state index is 12.6. The van der Waals surface area contributed by atoms with E-state index in [1.54, 1.807) is 23.1 Å². The fraction of sp³-hybridized carbons (Fsp3) is 0.357.